The Labute approximate surface area is 201 Å². The van der Waals surface area contributed by atoms with Crippen molar-refractivity contribution in [3.8, 4) is 0 Å². The number of nitrogens with one attached hydrogen (secondary N) is 4. The summed E-state index contributed by atoms with van der Waals surface area (Å²) < 4.78 is 20.7. The van der Waals surface area contributed by atoms with Gasteiger partial charge in [-0.25, -0.2) is 14.8 Å². The number of pyridine rings is 1. The summed E-state index contributed by atoms with van der Waals surface area (Å²) in [4.78, 5) is 7.12. The zero-order chi connectivity index (χ0) is 23.7. The predicted octanol–water partition coefficient (Wildman–Crippen LogP) is 2.73. The Morgan fingerprint density at radius 3 is 2.88 bits per heavy atom. The number of anilines is 1. The summed E-state index contributed by atoms with van der Waals surface area (Å²) >= 11 is 0. The van der Waals surface area contributed by atoms with Crippen molar-refractivity contribution in [1.82, 2.24) is 26.5 Å². The van der Waals surface area contributed by atoms with Crippen molar-refractivity contribution >= 4 is 5.82 Å². The number of piperidine rings is 2. The van der Waals surface area contributed by atoms with E-state index in [1.165, 1.54) is 5.56 Å². The monoisotopic (exact) mass is 468 g/mol. The van der Waals surface area contributed by atoms with Crippen molar-refractivity contribution in [1.29, 1.82) is 0 Å². The minimum absolute atomic E-state index is 0.000597. The number of hydrazine groups is 1. The fourth-order valence-corrected chi connectivity index (χ4v) is 6.00. The smallest absolute Gasteiger partial charge is 0.128 e. The van der Waals surface area contributed by atoms with Crippen molar-refractivity contribution < 1.29 is 9.13 Å². The van der Waals surface area contributed by atoms with Gasteiger partial charge in [0.05, 0.1) is 12.1 Å². The summed E-state index contributed by atoms with van der Waals surface area (Å²) in [6, 6.07) is 8.55. The van der Waals surface area contributed by atoms with Gasteiger partial charge >= 0.3 is 0 Å². The van der Waals surface area contributed by atoms with Gasteiger partial charge in [-0.1, -0.05) is 12.1 Å². The Bertz CT molecular complexity index is 963. The molecule has 0 saturated carbocycles. The van der Waals surface area contributed by atoms with Gasteiger partial charge in [-0.05, 0) is 68.0 Å². The van der Waals surface area contributed by atoms with Crippen LogP contribution in [0.5, 0.6) is 0 Å². The van der Waals surface area contributed by atoms with E-state index in [2.05, 4.69) is 44.6 Å². The van der Waals surface area contributed by atoms with Gasteiger partial charge in [0.2, 0.25) is 0 Å². The van der Waals surface area contributed by atoms with Crippen molar-refractivity contribution in [2.45, 2.75) is 57.0 Å². The number of hydrogen-bond acceptors (Lipinski definition) is 7. The normalized spacial score (nSPS) is 29.3. The summed E-state index contributed by atoms with van der Waals surface area (Å²) in [5.41, 5.74) is 10.9. The highest BCUT2D eigenvalue weighted by Crippen LogP contribution is 2.40. The Morgan fingerprint density at radius 2 is 2.15 bits per heavy atom. The second-order valence-electron chi connectivity index (χ2n) is 9.97. The molecule has 34 heavy (non-hydrogen) atoms. The van der Waals surface area contributed by atoms with Gasteiger partial charge in [-0.15, -0.1) is 0 Å². The Balaban J connectivity index is 1.31. The number of halogens is 1. The number of benzene rings is 1. The first-order valence-corrected chi connectivity index (χ1v) is 12.5. The molecule has 5 atom stereocenters. The fourth-order valence-electron chi connectivity index (χ4n) is 6.00. The predicted molar refractivity (Wildman–Crippen MR) is 132 cm³/mol. The third-order valence-corrected chi connectivity index (χ3v) is 7.75. The molecule has 0 bridgehead atoms. The topological polar surface area (TPSA) is 73.5 Å². The lowest BCUT2D eigenvalue weighted by Crippen LogP contribution is -2.46. The van der Waals surface area contributed by atoms with E-state index in [4.69, 9.17) is 9.72 Å². The SMILES string of the molecule is CNCc1cc(C)c(C2CC3C(CN2)NNC3c2ccc(N3CCCC(OC)C3)nc2)c(F)c1. The summed E-state index contributed by atoms with van der Waals surface area (Å²) in [5.74, 6) is 1.25. The maximum atomic E-state index is 15.1. The molecule has 0 amide bonds. The number of aromatic nitrogens is 1. The van der Waals surface area contributed by atoms with Crippen LogP contribution in [0.3, 0.4) is 0 Å². The van der Waals surface area contributed by atoms with Gasteiger partial charge in [0, 0.05) is 57.1 Å². The first kappa shape index (κ1) is 23.6. The number of methoxy groups -OCH3 is 1. The molecule has 0 aliphatic carbocycles. The number of ether oxygens (including phenoxy) is 1. The summed E-state index contributed by atoms with van der Waals surface area (Å²) in [6.07, 6.45) is 5.38. The van der Waals surface area contributed by atoms with Gasteiger partial charge in [-0.2, -0.15) is 0 Å². The van der Waals surface area contributed by atoms with Crippen LogP contribution in [0.25, 0.3) is 0 Å². The molecule has 3 aliphatic heterocycles. The van der Waals surface area contributed by atoms with Crippen molar-refractivity contribution in [2.24, 2.45) is 5.92 Å². The Kier molecular flexibility index (Phi) is 7.13. The van der Waals surface area contributed by atoms with Crippen molar-refractivity contribution in [3.63, 3.8) is 0 Å². The van der Waals surface area contributed by atoms with E-state index in [9.17, 15) is 0 Å². The second-order valence-corrected chi connectivity index (χ2v) is 9.97. The van der Waals surface area contributed by atoms with Crippen molar-refractivity contribution in [2.75, 3.05) is 38.7 Å². The van der Waals surface area contributed by atoms with Crippen LogP contribution >= 0.6 is 0 Å². The van der Waals surface area contributed by atoms with Gasteiger partial charge in [0.15, 0.2) is 0 Å². The Morgan fingerprint density at radius 1 is 1.26 bits per heavy atom. The van der Waals surface area contributed by atoms with E-state index in [1.54, 1.807) is 13.2 Å². The third kappa shape index (κ3) is 4.70. The average molecular weight is 469 g/mol. The standard InChI is InChI=1S/C26H37FN6O/c1-16-9-17(12-28-2)10-21(27)25(16)22-11-20-23(14-29-22)31-32-26(20)18-6-7-24(30-13-18)33-8-4-5-19(15-33)34-3/h6-7,9-10,13,19-20,22-23,26,28-29,31-32H,4-5,8,11-12,14-15H2,1-3H3. The first-order chi connectivity index (χ1) is 16.6. The lowest BCUT2D eigenvalue weighted by molar-refractivity contribution is 0.0891. The highest BCUT2D eigenvalue weighted by atomic mass is 19.1. The quantitative estimate of drug-likeness (QED) is 0.520. The van der Waals surface area contributed by atoms with Crippen LogP contribution in [-0.4, -0.2) is 50.9 Å². The van der Waals surface area contributed by atoms with E-state index < -0.39 is 0 Å². The summed E-state index contributed by atoms with van der Waals surface area (Å²) in [5, 5.41) is 6.69. The molecule has 8 heteroatoms. The molecule has 3 aliphatic rings. The molecule has 1 aromatic heterocycles. The largest absolute Gasteiger partial charge is 0.380 e. The second kappa shape index (κ2) is 10.3. The third-order valence-electron chi connectivity index (χ3n) is 7.75. The number of fused-ring (bicyclic) bond motifs is 1. The molecule has 0 spiro atoms. The van der Waals surface area contributed by atoms with Crippen LogP contribution in [0.4, 0.5) is 10.2 Å². The van der Waals surface area contributed by atoms with E-state index in [1.807, 2.05) is 20.2 Å². The molecule has 3 fully saturated rings. The molecule has 7 nitrogen and oxygen atoms in total. The highest BCUT2D eigenvalue weighted by Gasteiger charge is 2.42. The molecule has 184 valence electrons. The highest BCUT2D eigenvalue weighted by molar-refractivity contribution is 5.41. The number of aryl methyl sites for hydroxylation is 1. The van der Waals surface area contributed by atoms with Crippen molar-refractivity contribution in [3.05, 3.63) is 58.5 Å². The van der Waals surface area contributed by atoms with Crippen LogP contribution < -0.4 is 26.4 Å². The molecule has 5 rings (SSSR count). The van der Waals surface area contributed by atoms with E-state index in [-0.39, 0.29) is 24.0 Å². The molecule has 5 unspecified atom stereocenters. The molecule has 4 heterocycles. The summed E-state index contributed by atoms with van der Waals surface area (Å²) in [7, 11) is 3.67. The molecular weight excluding hydrogens is 431 g/mol. The van der Waals surface area contributed by atoms with Gasteiger partial charge in [-0.3, -0.25) is 5.43 Å². The minimum Gasteiger partial charge on any atom is -0.380 e. The van der Waals surface area contributed by atoms with E-state index in [0.29, 0.717) is 18.5 Å². The lowest BCUT2D eigenvalue weighted by atomic mass is 9.79. The molecule has 2 aromatic rings. The lowest BCUT2D eigenvalue weighted by Gasteiger charge is -2.35. The number of rotatable bonds is 6. The van der Waals surface area contributed by atoms with E-state index >= 15 is 4.39 Å². The molecule has 0 radical (unpaired) electrons. The van der Waals surface area contributed by atoms with E-state index in [0.717, 1.165) is 61.4 Å². The van der Waals surface area contributed by atoms with Crippen LogP contribution in [0.1, 0.15) is 53.6 Å². The van der Waals surface area contributed by atoms with Gasteiger partial charge in [0.25, 0.3) is 0 Å². The molecule has 1 aromatic carbocycles. The molecule has 3 saturated heterocycles. The van der Waals surface area contributed by atoms with Crippen LogP contribution in [-0.2, 0) is 11.3 Å². The Hall–Kier alpha value is -2.10. The van der Waals surface area contributed by atoms with Crippen LogP contribution in [0.2, 0.25) is 0 Å². The maximum Gasteiger partial charge on any atom is 0.128 e. The number of hydrogen-bond donors (Lipinski definition) is 4. The van der Waals surface area contributed by atoms with Gasteiger partial charge < -0.3 is 20.3 Å². The molecule has 4 N–H and O–H groups in total. The zero-order valence-corrected chi connectivity index (χ0v) is 20.4. The summed E-state index contributed by atoms with van der Waals surface area (Å²) in [6.45, 7) is 5.40. The maximum absolute atomic E-state index is 15.1. The zero-order valence-electron chi connectivity index (χ0n) is 20.4. The fraction of sp³-hybridized carbons (Fsp3) is 0.577. The van der Waals surface area contributed by atoms with Crippen LogP contribution in [0, 0.1) is 18.7 Å². The molecular formula is C26H37FN6O. The number of nitrogens with zero attached hydrogens (tertiary/aromatic N) is 2. The van der Waals surface area contributed by atoms with Gasteiger partial charge in [0.1, 0.15) is 11.6 Å². The minimum atomic E-state index is -0.112. The first-order valence-electron chi connectivity index (χ1n) is 12.5. The average Bonchev–Trinajstić information content (AvgIpc) is 3.27. The van der Waals surface area contributed by atoms with Crippen LogP contribution in [0.15, 0.2) is 30.5 Å².